The highest BCUT2D eigenvalue weighted by atomic mass is 19.4. The molecule has 0 N–H and O–H groups in total. The summed E-state index contributed by atoms with van der Waals surface area (Å²) in [4.78, 5) is 24.6. The molecule has 9 heteroatoms. The Kier molecular flexibility index (Phi) is 12.3. The zero-order valence-corrected chi connectivity index (χ0v) is 23.2. The molecule has 1 fully saturated rings. The molecular weight excluding hydrogens is 525 g/mol. The SMILES string of the molecule is CCCCCCOc1ccc(-c2ccc(C(=O)OC3CCC(OC(=O)CCCCC)C(C(F)(F)F)O3)cc2)cc1. The van der Waals surface area contributed by atoms with Crippen LogP contribution in [-0.2, 0) is 19.0 Å². The maximum absolute atomic E-state index is 13.7. The Balaban J connectivity index is 1.53. The number of alkyl halides is 3. The van der Waals surface area contributed by atoms with Crippen LogP contribution < -0.4 is 4.74 Å². The number of hydrogen-bond acceptors (Lipinski definition) is 6. The Morgan fingerprint density at radius 1 is 0.825 bits per heavy atom. The predicted octanol–water partition coefficient (Wildman–Crippen LogP) is 8.03. The van der Waals surface area contributed by atoms with E-state index in [0.717, 1.165) is 42.6 Å². The number of rotatable bonds is 14. The second-order valence-electron chi connectivity index (χ2n) is 10.0. The molecule has 1 saturated heterocycles. The largest absolute Gasteiger partial charge is 0.494 e. The van der Waals surface area contributed by atoms with Gasteiger partial charge in [0.15, 0.2) is 6.10 Å². The number of carbonyl (C=O) groups is 2. The third kappa shape index (κ3) is 9.84. The fourth-order valence-corrected chi connectivity index (χ4v) is 4.46. The van der Waals surface area contributed by atoms with Crippen LogP contribution in [0, 0.1) is 0 Å². The summed E-state index contributed by atoms with van der Waals surface area (Å²) in [6.45, 7) is 4.80. The maximum atomic E-state index is 13.7. The number of halogens is 3. The molecule has 2 aromatic rings. The Labute approximate surface area is 234 Å². The van der Waals surface area contributed by atoms with Crippen LogP contribution in [0.3, 0.4) is 0 Å². The monoisotopic (exact) mass is 564 g/mol. The van der Waals surface area contributed by atoms with Crippen LogP contribution in [0.1, 0.15) is 88.4 Å². The molecule has 0 aromatic heterocycles. The maximum Gasteiger partial charge on any atom is 0.418 e. The van der Waals surface area contributed by atoms with E-state index >= 15 is 0 Å². The summed E-state index contributed by atoms with van der Waals surface area (Å²) in [7, 11) is 0. The molecule has 220 valence electrons. The van der Waals surface area contributed by atoms with Gasteiger partial charge in [-0.1, -0.05) is 70.2 Å². The molecule has 1 heterocycles. The normalized spacial score (nSPS) is 19.2. The van der Waals surface area contributed by atoms with E-state index in [2.05, 4.69) is 6.92 Å². The molecule has 0 aliphatic carbocycles. The average molecular weight is 565 g/mol. The van der Waals surface area contributed by atoms with E-state index in [1.54, 1.807) is 24.3 Å². The van der Waals surface area contributed by atoms with Crippen molar-refractivity contribution in [2.75, 3.05) is 6.61 Å². The summed E-state index contributed by atoms with van der Waals surface area (Å²) in [5.41, 5.74) is 1.98. The Morgan fingerprint density at radius 3 is 2.08 bits per heavy atom. The average Bonchev–Trinajstić information content (AvgIpc) is 2.94. The van der Waals surface area contributed by atoms with Crippen LogP contribution in [0.15, 0.2) is 48.5 Å². The van der Waals surface area contributed by atoms with Gasteiger partial charge in [0.25, 0.3) is 0 Å². The summed E-state index contributed by atoms with van der Waals surface area (Å²) in [5.74, 6) is -0.686. The lowest BCUT2D eigenvalue weighted by molar-refractivity contribution is -0.304. The summed E-state index contributed by atoms with van der Waals surface area (Å²) < 4.78 is 62.1. The summed E-state index contributed by atoms with van der Waals surface area (Å²) in [5, 5.41) is 0. The molecule has 0 amide bonds. The first-order valence-electron chi connectivity index (χ1n) is 14.2. The zero-order chi connectivity index (χ0) is 29.0. The lowest BCUT2D eigenvalue weighted by atomic mass is 10.0. The summed E-state index contributed by atoms with van der Waals surface area (Å²) >= 11 is 0. The minimum atomic E-state index is -4.78. The van der Waals surface area contributed by atoms with E-state index in [1.165, 1.54) is 12.8 Å². The number of hydrogen-bond donors (Lipinski definition) is 0. The smallest absolute Gasteiger partial charge is 0.418 e. The molecule has 1 aliphatic heterocycles. The fourth-order valence-electron chi connectivity index (χ4n) is 4.46. The fraction of sp³-hybridized carbons (Fsp3) is 0.548. The number of esters is 2. The van der Waals surface area contributed by atoms with Crippen molar-refractivity contribution in [3.63, 3.8) is 0 Å². The molecule has 1 aliphatic rings. The first-order valence-corrected chi connectivity index (χ1v) is 14.2. The van der Waals surface area contributed by atoms with Crippen LogP contribution in [0.25, 0.3) is 11.1 Å². The molecule has 0 bridgehead atoms. The molecule has 2 aromatic carbocycles. The van der Waals surface area contributed by atoms with Gasteiger partial charge in [-0.2, -0.15) is 13.2 Å². The van der Waals surface area contributed by atoms with Crippen molar-refractivity contribution in [1.29, 1.82) is 0 Å². The summed E-state index contributed by atoms with van der Waals surface area (Å²) in [6, 6.07) is 14.2. The van der Waals surface area contributed by atoms with Crippen molar-refractivity contribution in [3.05, 3.63) is 54.1 Å². The highest BCUT2D eigenvalue weighted by Crippen LogP contribution is 2.35. The van der Waals surface area contributed by atoms with Crippen LogP contribution in [0.4, 0.5) is 13.2 Å². The van der Waals surface area contributed by atoms with Crippen LogP contribution in [0.2, 0.25) is 0 Å². The predicted molar refractivity (Wildman–Crippen MR) is 145 cm³/mol. The molecular formula is C31H39F3O6. The zero-order valence-electron chi connectivity index (χ0n) is 23.2. The molecule has 3 atom stereocenters. The third-order valence-corrected chi connectivity index (χ3v) is 6.73. The van der Waals surface area contributed by atoms with Crippen LogP contribution in [-0.4, -0.2) is 43.2 Å². The van der Waals surface area contributed by atoms with Crippen molar-refractivity contribution >= 4 is 11.9 Å². The van der Waals surface area contributed by atoms with E-state index < -0.39 is 36.6 Å². The second kappa shape index (κ2) is 15.6. The number of unbranched alkanes of at least 4 members (excludes halogenated alkanes) is 5. The standard InChI is InChI=1S/C31H39F3O6/c1-3-5-7-9-21-37-25-17-15-23(16-18-25)22-11-13-24(14-12-22)30(36)40-28-20-19-26(29(39-28)31(32,33)34)38-27(35)10-8-6-4-2/h11-18,26,28-29H,3-10,19-21H2,1-2H3. The number of carbonyl (C=O) groups excluding carboxylic acids is 2. The van der Waals surface area contributed by atoms with E-state index in [4.69, 9.17) is 18.9 Å². The second-order valence-corrected chi connectivity index (χ2v) is 10.0. The molecule has 0 radical (unpaired) electrons. The van der Waals surface area contributed by atoms with Crippen LogP contribution >= 0.6 is 0 Å². The number of ether oxygens (including phenoxy) is 4. The van der Waals surface area contributed by atoms with E-state index in [0.29, 0.717) is 13.0 Å². The molecule has 0 spiro atoms. The Bertz CT molecular complexity index is 1050. The molecule has 6 nitrogen and oxygen atoms in total. The van der Waals surface area contributed by atoms with Gasteiger partial charge in [0.05, 0.1) is 12.2 Å². The van der Waals surface area contributed by atoms with Gasteiger partial charge in [-0.3, -0.25) is 4.79 Å². The quantitative estimate of drug-likeness (QED) is 0.171. The highest BCUT2D eigenvalue weighted by molar-refractivity contribution is 5.90. The van der Waals surface area contributed by atoms with Gasteiger partial charge >= 0.3 is 18.1 Å². The van der Waals surface area contributed by atoms with Gasteiger partial charge in [0.1, 0.15) is 11.9 Å². The van der Waals surface area contributed by atoms with E-state index in [-0.39, 0.29) is 24.8 Å². The van der Waals surface area contributed by atoms with Crippen molar-refractivity contribution < 1.29 is 41.7 Å². The van der Waals surface area contributed by atoms with Gasteiger partial charge in [-0.25, -0.2) is 4.79 Å². The van der Waals surface area contributed by atoms with Crippen LogP contribution in [0.5, 0.6) is 5.75 Å². The van der Waals surface area contributed by atoms with Gasteiger partial charge in [0.2, 0.25) is 6.29 Å². The minimum Gasteiger partial charge on any atom is -0.494 e. The van der Waals surface area contributed by atoms with Crippen molar-refractivity contribution in [3.8, 4) is 16.9 Å². The lowest BCUT2D eigenvalue weighted by Gasteiger charge is -2.36. The minimum absolute atomic E-state index is 0.0175. The topological polar surface area (TPSA) is 71.1 Å². The Hall–Kier alpha value is -3.07. The summed E-state index contributed by atoms with van der Waals surface area (Å²) in [6.07, 6.45) is -3.34. The first kappa shape index (κ1) is 31.5. The van der Waals surface area contributed by atoms with Gasteiger partial charge in [-0.15, -0.1) is 0 Å². The molecule has 3 rings (SSSR count). The van der Waals surface area contributed by atoms with Gasteiger partial charge < -0.3 is 18.9 Å². The highest BCUT2D eigenvalue weighted by Gasteiger charge is 2.51. The molecule has 3 unspecified atom stereocenters. The number of benzene rings is 2. The van der Waals surface area contributed by atoms with E-state index in [1.807, 2.05) is 31.2 Å². The lowest BCUT2D eigenvalue weighted by Crippen LogP contribution is -2.50. The van der Waals surface area contributed by atoms with Crippen molar-refractivity contribution in [2.45, 2.75) is 103 Å². The third-order valence-electron chi connectivity index (χ3n) is 6.73. The first-order chi connectivity index (χ1) is 19.2. The molecule has 40 heavy (non-hydrogen) atoms. The molecule has 0 saturated carbocycles. The van der Waals surface area contributed by atoms with Crippen molar-refractivity contribution in [2.24, 2.45) is 0 Å². The Morgan fingerprint density at radius 2 is 1.45 bits per heavy atom. The van der Waals surface area contributed by atoms with E-state index in [9.17, 15) is 22.8 Å². The van der Waals surface area contributed by atoms with Crippen molar-refractivity contribution in [1.82, 2.24) is 0 Å². The van der Waals surface area contributed by atoms with Gasteiger partial charge in [0, 0.05) is 12.8 Å². The van der Waals surface area contributed by atoms with Gasteiger partial charge in [-0.05, 0) is 54.7 Å².